The van der Waals surface area contributed by atoms with Crippen molar-refractivity contribution in [3.63, 3.8) is 0 Å². The monoisotopic (exact) mass is 390 g/mol. The van der Waals surface area contributed by atoms with Crippen molar-refractivity contribution in [1.82, 2.24) is 4.72 Å². The number of carbonyl (C=O) groups excluding carboxylic acids is 1. The second-order valence-corrected chi connectivity index (χ2v) is 7.45. The van der Waals surface area contributed by atoms with Crippen LogP contribution in [0.25, 0.3) is 0 Å². The third-order valence-corrected chi connectivity index (χ3v) is 5.28. The summed E-state index contributed by atoms with van der Waals surface area (Å²) in [5, 5.41) is 10.8. The highest BCUT2D eigenvalue weighted by molar-refractivity contribution is 7.89. The van der Waals surface area contributed by atoms with Gasteiger partial charge in [0.25, 0.3) is 5.69 Å². The molecule has 0 aliphatic heterocycles. The summed E-state index contributed by atoms with van der Waals surface area (Å²) in [6.07, 6.45) is 0. The highest BCUT2D eigenvalue weighted by atomic mass is 32.2. The highest BCUT2D eigenvalue weighted by Crippen LogP contribution is 2.26. The number of aryl methyl sites for hydroxylation is 1. The van der Waals surface area contributed by atoms with Crippen LogP contribution in [0.5, 0.6) is 0 Å². The first-order valence-corrected chi connectivity index (χ1v) is 9.24. The predicted molar refractivity (Wildman–Crippen MR) is 98.5 cm³/mol. The number of sulfonamides is 1. The van der Waals surface area contributed by atoms with Crippen LogP contribution in [0.2, 0.25) is 0 Å². The largest absolute Gasteiger partial charge is 0.466 e. The molecular formula is C18H18N2O6S. The summed E-state index contributed by atoms with van der Waals surface area (Å²) in [6, 6.07) is 10.2. The third-order valence-electron chi connectivity index (χ3n) is 3.84. The van der Waals surface area contributed by atoms with Gasteiger partial charge in [0.05, 0.1) is 28.5 Å². The molecule has 0 heterocycles. The normalized spacial score (nSPS) is 12.2. The lowest BCUT2D eigenvalue weighted by molar-refractivity contribution is -0.384. The number of rotatable bonds is 7. The number of nitrogens with one attached hydrogen (secondary N) is 1. The minimum Gasteiger partial charge on any atom is -0.466 e. The molecule has 0 spiro atoms. The molecule has 0 aliphatic rings. The third kappa shape index (κ3) is 4.78. The molecule has 0 aliphatic carbocycles. The highest BCUT2D eigenvalue weighted by Gasteiger charge is 2.28. The molecule has 8 nitrogen and oxygen atoms in total. The molecule has 0 amide bonds. The quantitative estimate of drug-likeness (QED) is 0.336. The Morgan fingerprint density at radius 2 is 1.70 bits per heavy atom. The molecule has 1 atom stereocenters. The molecule has 142 valence electrons. The molecule has 0 fully saturated rings. The average molecular weight is 390 g/mol. The molecule has 0 aromatic heterocycles. The maximum absolute atomic E-state index is 12.7. The molecule has 2 aromatic carbocycles. The Balaban J connectivity index is 2.43. The van der Waals surface area contributed by atoms with Crippen LogP contribution in [0.15, 0.2) is 65.6 Å². The van der Waals surface area contributed by atoms with Crippen molar-refractivity contribution in [3.05, 3.63) is 81.9 Å². The van der Waals surface area contributed by atoms with Crippen molar-refractivity contribution in [3.8, 4) is 0 Å². The lowest BCUT2D eigenvalue weighted by Crippen LogP contribution is -2.32. The lowest BCUT2D eigenvalue weighted by Gasteiger charge is -2.20. The van der Waals surface area contributed by atoms with E-state index in [1.165, 1.54) is 36.4 Å². The maximum atomic E-state index is 12.7. The van der Waals surface area contributed by atoms with Crippen LogP contribution in [0.1, 0.15) is 17.2 Å². The van der Waals surface area contributed by atoms with Crippen molar-refractivity contribution in [2.45, 2.75) is 17.9 Å². The van der Waals surface area contributed by atoms with Crippen molar-refractivity contribution in [2.75, 3.05) is 7.11 Å². The second-order valence-electron chi connectivity index (χ2n) is 5.73. The standard InChI is InChI=1S/C18H18N2O6S/c1-12-4-10-16(11-5-12)27(24,25)19-17(13(2)18(21)26-3)14-6-8-15(9-7-14)20(22)23/h4-11,17,19H,2H2,1,3H3/t17-/m0/s1. The fourth-order valence-corrected chi connectivity index (χ4v) is 3.54. The summed E-state index contributed by atoms with van der Waals surface area (Å²) >= 11 is 0. The van der Waals surface area contributed by atoms with E-state index < -0.39 is 27.0 Å². The van der Waals surface area contributed by atoms with E-state index in [1.54, 1.807) is 12.1 Å². The molecule has 0 radical (unpaired) electrons. The van der Waals surface area contributed by atoms with Crippen LogP contribution in [0.4, 0.5) is 5.69 Å². The molecule has 9 heteroatoms. The topological polar surface area (TPSA) is 116 Å². The van der Waals surface area contributed by atoms with Crippen LogP contribution in [-0.4, -0.2) is 26.4 Å². The summed E-state index contributed by atoms with van der Waals surface area (Å²) in [7, 11) is -2.84. The molecule has 0 bridgehead atoms. The minimum absolute atomic E-state index is 0.0117. The van der Waals surface area contributed by atoms with Crippen molar-refractivity contribution >= 4 is 21.7 Å². The van der Waals surface area contributed by atoms with Gasteiger partial charge in [0.15, 0.2) is 0 Å². The van der Waals surface area contributed by atoms with Crippen molar-refractivity contribution in [1.29, 1.82) is 0 Å². The molecule has 2 rings (SSSR count). The van der Waals surface area contributed by atoms with Crippen LogP contribution in [-0.2, 0) is 19.6 Å². The van der Waals surface area contributed by atoms with Gasteiger partial charge in [0.2, 0.25) is 10.0 Å². The van der Waals surface area contributed by atoms with Gasteiger partial charge in [0.1, 0.15) is 0 Å². The number of nitro groups is 1. The zero-order valence-corrected chi connectivity index (χ0v) is 15.5. The average Bonchev–Trinajstić information content (AvgIpc) is 2.65. The van der Waals surface area contributed by atoms with Gasteiger partial charge in [-0.2, -0.15) is 4.72 Å². The fraction of sp³-hybridized carbons (Fsp3) is 0.167. The number of non-ortho nitro benzene ring substituents is 1. The zero-order chi connectivity index (χ0) is 20.2. The van der Waals surface area contributed by atoms with Crippen molar-refractivity contribution in [2.24, 2.45) is 0 Å². The van der Waals surface area contributed by atoms with Gasteiger partial charge in [-0.3, -0.25) is 10.1 Å². The van der Waals surface area contributed by atoms with E-state index in [9.17, 15) is 23.3 Å². The van der Waals surface area contributed by atoms with Gasteiger partial charge >= 0.3 is 5.97 Å². The first-order chi connectivity index (χ1) is 12.7. The second kappa shape index (κ2) is 8.11. The summed E-state index contributed by atoms with van der Waals surface area (Å²) in [6.45, 7) is 5.44. The van der Waals surface area contributed by atoms with Gasteiger partial charge in [-0.1, -0.05) is 36.4 Å². The first-order valence-electron chi connectivity index (χ1n) is 7.76. The van der Waals surface area contributed by atoms with E-state index >= 15 is 0 Å². The Bertz CT molecular complexity index is 966. The summed E-state index contributed by atoms with van der Waals surface area (Å²) < 4.78 is 32.5. The number of hydrogen-bond donors (Lipinski definition) is 1. The molecule has 0 unspecified atom stereocenters. The van der Waals surface area contributed by atoms with Gasteiger partial charge < -0.3 is 4.74 Å². The zero-order valence-electron chi connectivity index (χ0n) is 14.7. The Morgan fingerprint density at radius 1 is 1.15 bits per heavy atom. The van der Waals surface area contributed by atoms with E-state index in [0.717, 1.165) is 12.7 Å². The Labute approximate surface area is 156 Å². The lowest BCUT2D eigenvalue weighted by atomic mass is 10.0. The molecule has 2 aromatic rings. The Hall–Kier alpha value is -3.04. The molecule has 27 heavy (non-hydrogen) atoms. The first kappa shape index (κ1) is 20.3. The number of nitro benzene ring substituents is 1. The van der Waals surface area contributed by atoms with Crippen LogP contribution < -0.4 is 4.72 Å². The van der Waals surface area contributed by atoms with Gasteiger partial charge in [-0.05, 0) is 24.6 Å². The number of ether oxygens (including phenoxy) is 1. The van der Waals surface area contributed by atoms with Gasteiger partial charge in [0, 0.05) is 12.1 Å². The molecule has 0 saturated carbocycles. The summed E-state index contributed by atoms with van der Waals surface area (Å²) in [5.74, 6) is -0.801. The number of nitrogens with zero attached hydrogens (tertiary/aromatic N) is 1. The maximum Gasteiger partial charge on any atom is 0.335 e. The van der Waals surface area contributed by atoms with Gasteiger partial charge in [-0.25, -0.2) is 13.2 Å². The number of benzene rings is 2. The van der Waals surface area contributed by atoms with E-state index in [4.69, 9.17) is 0 Å². The van der Waals surface area contributed by atoms with Gasteiger partial charge in [-0.15, -0.1) is 0 Å². The Kier molecular flexibility index (Phi) is 6.09. The SMILES string of the molecule is C=C(C(=O)OC)[C@H](NS(=O)(=O)c1ccc(C)cc1)c1ccc([N+](=O)[O-])cc1. The van der Waals surface area contributed by atoms with E-state index in [1.807, 2.05) is 6.92 Å². The number of carbonyl (C=O) groups is 1. The van der Waals surface area contributed by atoms with Crippen LogP contribution >= 0.6 is 0 Å². The van der Waals surface area contributed by atoms with Crippen LogP contribution in [0.3, 0.4) is 0 Å². The number of hydrogen-bond acceptors (Lipinski definition) is 6. The van der Waals surface area contributed by atoms with Crippen molar-refractivity contribution < 1.29 is 22.9 Å². The summed E-state index contributed by atoms with van der Waals surface area (Å²) in [4.78, 5) is 22.2. The molecule has 1 N–H and O–H groups in total. The molecule has 0 saturated heterocycles. The van der Waals surface area contributed by atoms with E-state index in [2.05, 4.69) is 16.0 Å². The number of methoxy groups -OCH3 is 1. The van der Waals surface area contributed by atoms with E-state index in [0.29, 0.717) is 5.56 Å². The predicted octanol–water partition coefficient (Wildman–Crippen LogP) is 2.65. The van der Waals surface area contributed by atoms with E-state index in [-0.39, 0.29) is 16.2 Å². The number of esters is 1. The smallest absolute Gasteiger partial charge is 0.335 e. The molecular weight excluding hydrogens is 372 g/mol. The van der Waals surface area contributed by atoms with Crippen LogP contribution in [0, 0.1) is 17.0 Å². The fourth-order valence-electron chi connectivity index (χ4n) is 2.32. The summed E-state index contributed by atoms with van der Waals surface area (Å²) in [5.41, 5.74) is 0.885. The Morgan fingerprint density at radius 3 is 2.19 bits per heavy atom. The minimum atomic E-state index is -3.99.